The van der Waals surface area contributed by atoms with Crippen LogP contribution in [-0.2, 0) is 19.2 Å². The molecule has 0 aliphatic rings. The summed E-state index contributed by atoms with van der Waals surface area (Å²) in [6, 6.07) is -1.80. The zero-order chi connectivity index (χ0) is 19.6. The third kappa shape index (κ3) is 10.3. The summed E-state index contributed by atoms with van der Waals surface area (Å²) >= 11 is 0. The van der Waals surface area contributed by atoms with E-state index in [4.69, 9.17) is 10.8 Å². The summed E-state index contributed by atoms with van der Waals surface area (Å²) < 4.78 is 0. The molecule has 0 heterocycles. The smallest absolute Gasteiger partial charge is 0.326 e. The van der Waals surface area contributed by atoms with Crippen molar-refractivity contribution in [2.75, 3.05) is 13.1 Å². The van der Waals surface area contributed by atoms with Gasteiger partial charge in [-0.1, -0.05) is 27.7 Å². The Hall–Kier alpha value is -2.16. The molecule has 0 aliphatic carbocycles. The molecule has 6 N–H and O–H groups in total. The monoisotopic (exact) mass is 358 g/mol. The average molecular weight is 358 g/mol. The number of carboxylic acids is 1. The Morgan fingerprint density at radius 1 is 0.880 bits per heavy atom. The van der Waals surface area contributed by atoms with Gasteiger partial charge in [0.1, 0.15) is 12.1 Å². The first-order chi connectivity index (χ1) is 11.6. The van der Waals surface area contributed by atoms with Crippen LogP contribution >= 0.6 is 0 Å². The van der Waals surface area contributed by atoms with Crippen LogP contribution in [0.2, 0.25) is 0 Å². The van der Waals surface area contributed by atoms with Gasteiger partial charge in [0.2, 0.25) is 17.7 Å². The zero-order valence-electron chi connectivity index (χ0n) is 15.3. The molecule has 0 fully saturated rings. The lowest BCUT2D eigenvalue weighted by Crippen LogP contribution is -2.52. The van der Waals surface area contributed by atoms with Gasteiger partial charge in [-0.25, -0.2) is 4.79 Å². The molecule has 0 bridgehead atoms. The van der Waals surface area contributed by atoms with Crippen molar-refractivity contribution in [2.24, 2.45) is 17.6 Å². The number of amides is 3. The molecule has 0 aliphatic heterocycles. The minimum Gasteiger partial charge on any atom is -0.480 e. The number of hydrogen-bond donors (Lipinski definition) is 5. The molecule has 0 rings (SSSR count). The van der Waals surface area contributed by atoms with Gasteiger partial charge in [-0.15, -0.1) is 0 Å². The van der Waals surface area contributed by atoms with E-state index in [1.807, 2.05) is 27.7 Å². The molecule has 0 unspecified atom stereocenters. The fraction of sp³-hybridized carbons (Fsp3) is 0.750. The second kappa shape index (κ2) is 11.4. The largest absolute Gasteiger partial charge is 0.480 e. The van der Waals surface area contributed by atoms with Crippen LogP contribution in [0, 0.1) is 11.8 Å². The number of nitrogens with one attached hydrogen (secondary N) is 3. The summed E-state index contributed by atoms with van der Waals surface area (Å²) in [4.78, 5) is 46.6. The van der Waals surface area contributed by atoms with Gasteiger partial charge < -0.3 is 26.8 Å². The lowest BCUT2D eigenvalue weighted by atomic mass is 10.0. The molecule has 0 saturated carbocycles. The Morgan fingerprint density at radius 2 is 1.36 bits per heavy atom. The second-order valence-electron chi connectivity index (χ2n) is 6.76. The molecule has 0 aromatic heterocycles. The minimum absolute atomic E-state index is 0.0953. The number of nitrogens with two attached hydrogens (primary N) is 1. The van der Waals surface area contributed by atoms with Crippen LogP contribution in [-0.4, -0.2) is 54.0 Å². The van der Waals surface area contributed by atoms with Crippen molar-refractivity contribution < 1.29 is 24.3 Å². The molecule has 2 atom stereocenters. The lowest BCUT2D eigenvalue weighted by Gasteiger charge is -2.20. The fourth-order valence-corrected chi connectivity index (χ4v) is 2.19. The molecular formula is C16H30N4O5. The van der Waals surface area contributed by atoms with Crippen molar-refractivity contribution in [3.05, 3.63) is 0 Å². The molecule has 25 heavy (non-hydrogen) atoms. The van der Waals surface area contributed by atoms with E-state index in [9.17, 15) is 19.2 Å². The highest BCUT2D eigenvalue weighted by Gasteiger charge is 2.24. The number of aliphatic carboxylic acids is 1. The van der Waals surface area contributed by atoms with Gasteiger partial charge in [-0.05, 0) is 24.7 Å². The fourth-order valence-electron chi connectivity index (χ4n) is 2.19. The number of carbonyl (C=O) groups is 4. The molecule has 0 saturated heterocycles. The predicted octanol–water partition coefficient (Wildman–Crippen LogP) is -0.792. The van der Waals surface area contributed by atoms with E-state index in [-0.39, 0.29) is 31.3 Å². The Kier molecular flexibility index (Phi) is 10.4. The highest BCUT2D eigenvalue weighted by molar-refractivity contribution is 5.91. The molecule has 3 amide bonds. The maximum absolute atomic E-state index is 12.2. The van der Waals surface area contributed by atoms with Crippen LogP contribution in [0.4, 0.5) is 0 Å². The maximum Gasteiger partial charge on any atom is 0.326 e. The van der Waals surface area contributed by atoms with Crippen molar-refractivity contribution in [3.8, 4) is 0 Å². The number of hydrogen-bond acceptors (Lipinski definition) is 5. The molecule has 144 valence electrons. The first-order valence-corrected chi connectivity index (χ1v) is 8.36. The number of rotatable bonds is 11. The number of carbonyl (C=O) groups excluding carboxylic acids is 3. The molecule has 0 radical (unpaired) electrons. The molecular weight excluding hydrogens is 328 g/mol. The third-order valence-corrected chi connectivity index (χ3v) is 3.31. The van der Waals surface area contributed by atoms with E-state index in [0.29, 0.717) is 6.42 Å². The Labute approximate surface area is 148 Å². The second-order valence-corrected chi connectivity index (χ2v) is 6.76. The van der Waals surface area contributed by atoms with Crippen LogP contribution in [0.25, 0.3) is 0 Å². The molecule has 0 aromatic carbocycles. The summed E-state index contributed by atoms with van der Waals surface area (Å²) in [5.41, 5.74) is 5.23. The van der Waals surface area contributed by atoms with Crippen LogP contribution in [0.3, 0.4) is 0 Å². The van der Waals surface area contributed by atoms with E-state index >= 15 is 0 Å². The van der Waals surface area contributed by atoms with Crippen LogP contribution in [0.5, 0.6) is 0 Å². The zero-order valence-corrected chi connectivity index (χ0v) is 15.3. The minimum atomic E-state index is -1.12. The molecule has 9 nitrogen and oxygen atoms in total. The van der Waals surface area contributed by atoms with Gasteiger partial charge in [0, 0.05) is 0 Å². The van der Waals surface area contributed by atoms with Crippen molar-refractivity contribution >= 4 is 23.7 Å². The Balaban J connectivity index is 4.62. The van der Waals surface area contributed by atoms with E-state index in [2.05, 4.69) is 16.0 Å². The summed E-state index contributed by atoms with van der Waals surface area (Å²) in [6.45, 7) is 6.88. The van der Waals surface area contributed by atoms with Gasteiger partial charge >= 0.3 is 5.97 Å². The van der Waals surface area contributed by atoms with Gasteiger partial charge in [-0.2, -0.15) is 0 Å². The Morgan fingerprint density at radius 3 is 1.80 bits per heavy atom. The molecule has 9 heteroatoms. The van der Waals surface area contributed by atoms with Gasteiger partial charge in [0.25, 0.3) is 0 Å². The van der Waals surface area contributed by atoms with Gasteiger partial charge in [-0.3, -0.25) is 14.4 Å². The third-order valence-electron chi connectivity index (χ3n) is 3.31. The summed E-state index contributed by atoms with van der Waals surface area (Å²) in [7, 11) is 0. The lowest BCUT2D eigenvalue weighted by molar-refractivity contribution is -0.142. The van der Waals surface area contributed by atoms with Crippen molar-refractivity contribution in [1.82, 2.24) is 16.0 Å². The maximum atomic E-state index is 12.2. The Bertz CT molecular complexity index is 479. The van der Waals surface area contributed by atoms with Gasteiger partial charge in [0.15, 0.2) is 0 Å². The summed E-state index contributed by atoms with van der Waals surface area (Å²) in [5.74, 6) is -2.46. The molecule has 0 spiro atoms. The predicted molar refractivity (Wildman–Crippen MR) is 92.5 cm³/mol. The quantitative estimate of drug-likeness (QED) is 0.326. The van der Waals surface area contributed by atoms with Crippen molar-refractivity contribution in [3.63, 3.8) is 0 Å². The van der Waals surface area contributed by atoms with Crippen molar-refractivity contribution in [2.45, 2.75) is 52.6 Å². The SMILES string of the molecule is CC(C)C[C@H](NC(=O)CNC(=O)[C@@H](CC(C)C)NC(=O)CN)C(=O)O. The topological polar surface area (TPSA) is 151 Å². The van der Waals surface area contributed by atoms with Gasteiger partial charge in [0.05, 0.1) is 13.1 Å². The molecule has 0 aromatic rings. The first kappa shape index (κ1) is 22.8. The summed E-state index contributed by atoms with van der Waals surface area (Å²) in [5, 5.41) is 16.4. The van der Waals surface area contributed by atoms with E-state index in [1.54, 1.807) is 0 Å². The summed E-state index contributed by atoms with van der Waals surface area (Å²) in [6.07, 6.45) is 0.682. The van der Waals surface area contributed by atoms with Crippen LogP contribution in [0.1, 0.15) is 40.5 Å². The number of carboxylic acid groups (broad SMARTS) is 1. The first-order valence-electron chi connectivity index (χ1n) is 8.36. The van der Waals surface area contributed by atoms with Crippen LogP contribution in [0.15, 0.2) is 0 Å². The van der Waals surface area contributed by atoms with E-state index in [1.165, 1.54) is 0 Å². The highest BCUT2D eigenvalue weighted by atomic mass is 16.4. The normalized spacial score (nSPS) is 13.2. The van der Waals surface area contributed by atoms with Crippen molar-refractivity contribution in [1.29, 1.82) is 0 Å². The van der Waals surface area contributed by atoms with E-state index in [0.717, 1.165) is 0 Å². The van der Waals surface area contributed by atoms with Crippen LogP contribution < -0.4 is 21.7 Å². The standard InChI is InChI=1S/C16H30N4O5/c1-9(2)5-11(19-13(21)7-17)15(23)18-8-14(22)20-12(16(24)25)6-10(3)4/h9-12H,5-8,17H2,1-4H3,(H,18,23)(H,19,21)(H,20,22)(H,24,25)/t11-,12+/m1/s1. The average Bonchev–Trinajstić information content (AvgIpc) is 2.50. The highest BCUT2D eigenvalue weighted by Crippen LogP contribution is 2.06. The van der Waals surface area contributed by atoms with E-state index < -0.39 is 35.8 Å².